The van der Waals surface area contributed by atoms with E-state index in [1.54, 1.807) is 0 Å². The smallest absolute Gasteiger partial charge is 0.232 e. The van der Waals surface area contributed by atoms with Crippen molar-refractivity contribution in [3.05, 3.63) is 11.4 Å². The summed E-state index contributed by atoms with van der Waals surface area (Å²) >= 11 is 0. The van der Waals surface area contributed by atoms with Gasteiger partial charge in [0.25, 0.3) is 0 Å². The molecule has 1 heteroatoms. The summed E-state index contributed by atoms with van der Waals surface area (Å²) in [5, 5.41) is 0. The first kappa shape index (κ1) is 5.62. The van der Waals surface area contributed by atoms with Crippen LogP contribution in [-0.2, 0) is 0 Å². The molecular weight excluding hydrogens is 98.1 g/mol. The molecule has 44 valence electrons. The van der Waals surface area contributed by atoms with E-state index < -0.39 is 0 Å². The number of hydrogen-bond donors (Lipinski definition) is 0. The third-order valence-electron chi connectivity index (χ3n) is 2.18. The van der Waals surface area contributed by atoms with Crippen molar-refractivity contribution in [2.45, 2.75) is 38.1 Å². The van der Waals surface area contributed by atoms with Gasteiger partial charge in [0.1, 0.15) is 0 Å². The quantitative estimate of drug-likeness (QED) is 0.455. The molecular formula is C7H11N. The molecule has 0 aromatic rings. The number of rotatable bonds is 1. The summed E-state index contributed by atoms with van der Waals surface area (Å²) in [4.78, 5) is 3.59. The molecule has 0 aromatic heterocycles. The Morgan fingerprint density at radius 3 is 2.25 bits per heavy atom. The van der Waals surface area contributed by atoms with Crippen molar-refractivity contribution in [3.63, 3.8) is 0 Å². The maximum Gasteiger partial charge on any atom is 0.232 e. The van der Waals surface area contributed by atoms with Gasteiger partial charge in [-0.3, -0.25) is 0 Å². The lowest BCUT2D eigenvalue weighted by atomic mass is 9.76. The first-order valence-electron chi connectivity index (χ1n) is 3.21. The molecule has 8 heavy (non-hydrogen) atoms. The highest BCUT2D eigenvalue weighted by atomic mass is 14.8. The molecule has 0 unspecified atom stereocenters. The van der Waals surface area contributed by atoms with Crippen LogP contribution in [0.2, 0.25) is 0 Å². The topological polar surface area (TPSA) is 4.36 Å². The fourth-order valence-corrected chi connectivity index (χ4v) is 1.13. The van der Waals surface area contributed by atoms with Crippen LogP contribution in [0.5, 0.6) is 0 Å². The molecule has 1 rings (SSSR count). The van der Waals surface area contributed by atoms with Gasteiger partial charge in [-0.05, 0) is 6.42 Å². The standard InChI is InChI=1S/C7H11N/c1-3-7(8-2)5-4-6-7/h3-6H2,1H3. The maximum absolute atomic E-state index is 6.83. The summed E-state index contributed by atoms with van der Waals surface area (Å²) in [6.45, 7) is 8.94. The van der Waals surface area contributed by atoms with Gasteiger partial charge in [0.15, 0.2) is 0 Å². The van der Waals surface area contributed by atoms with Crippen LogP contribution in [0, 0.1) is 6.57 Å². The second kappa shape index (κ2) is 1.78. The lowest BCUT2D eigenvalue weighted by Gasteiger charge is -2.28. The highest BCUT2D eigenvalue weighted by molar-refractivity contribution is 5.03. The highest BCUT2D eigenvalue weighted by Crippen LogP contribution is 2.38. The van der Waals surface area contributed by atoms with Crippen LogP contribution in [0.15, 0.2) is 0 Å². The summed E-state index contributed by atoms with van der Waals surface area (Å²) in [5.74, 6) is 0. The molecule has 0 bridgehead atoms. The predicted octanol–water partition coefficient (Wildman–Crippen LogP) is 2.24. The second-order valence-corrected chi connectivity index (χ2v) is 2.54. The summed E-state index contributed by atoms with van der Waals surface area (Å²) in [7, 11) is 0. The average molecular weight is 109 g/mol. The van der Waals surface area contributed by atoms with Crippen molar-refractivity contribution in [1.29, 1.82) is 0 Å². The zero-order valence-electron chi connectivity index (χ0n) is 5.28. The van der Waals surface area contributed by atoms with Gasteiger partial charge >= 0.3 is 0 Å². The van der Waals surface area contributed by atoms with Crippen molar-refractivity contribution in [2.24, 2.45) is 0 Å². The van der Waals surface area contributed by atoms with Gasteiger partial charge in [-0.15, -0.1) is 0 Å². The zero-order valence-corrected chi connectivity index (χ0v) is 5.28. The van der Waals surface area contributed by atoms with E-state index >= 15 is 0 Å². The lowest BCUT2D eigenvalue weighted by Crippen LogP contribution is -2.31. The van der Waals surface area contributed by atoms with Crippen LogP contribution in [0.1, 0.15) is 32.6 Å². The first-order valence-corrected chi connectivity index (χ1v) is 3.21. The van der Waals surface area contributed by atoms with Crippen LogP contribution in [0.3, 0.4) is 0 Å². The third kappa shape index (κ3) is 0.608. The molecule has 0 saturated heterocycles. The van der Waals surface area contributed by atoms with E-state index in [1.165, 1.54) is 6.42 Å². The molecule has 0 spiro atoms. The van der Waals surface area contributed by atoms with Crippen molar-refractivity contribution >= 4 is 0 Å². The molecule has 0 aromatic carbocycles. The number of nitrogens with zero attached hydrogens (tertiary/aromatic N) is 1. The van der Waals surface area contributed by atoms with E-state index in [9.17, 15) is 0 Å². The Bertz CT molecular complexity index is 111. The minimum Gasteiger partial charge on any atom is -0.310 e. The largest absolute Gasteiger partial charge is 0.310 e. The molecule has 0 N–H and O–H groups in total. The Morgan fingerprint density at radius 1 is 1.62 bits per heavy atom. The summed E-state index contributed by atoms with van der Waals surface area (Å²) < 4.78 is 0. The molecule has 1 nitrogen and oxygen atoms in total. The number of hydrogen-bond acceptors (Lipinski definition) is 0. The van der Waals surface area contributed by atoms with E-state index in [0.717, 1.165) is 19.3 Å². The maximum atomic E-state index is 6.83. The van der Waals surface area contributed by atoms with E-state index in [0.29, 0.717) is 0 Å². The SMILES string of the molecule is [C-]#[N+]C1(CC)CCC1. The van der Waals surface area contributed by atoms with Gasteiger partial charge < -0.3 is 4.85 Å². The lowest BCUT2D eigenvalue weighted by molar-refractivity contribution is 0.294. The van der Waals surface area contributed by atoms with Crippen LogP contribution >= 0.6 is 0 Å². The Labute approximate surface area is 50.5 Å². The Morgan fingerprint density at radius 2 is 2.25 bits per heavy atom. The van der Waals surface area contributed by atoms with E-state index in [2.05, 4.69) is 11.8 Å². The molecule has 1 aliphatic carbocycles. The Balaban J connectivity index is 2.49. The van der Waals surface area contributed by atoms with Gasteiger partial charge in [0.2, 0.25) is 5.54 Å². The normalized spacial score (nSPS) is 23.5. The third-order valence-corrected chi connectivity index (χ3v) is 2.18. The molecule has 0 heterocycles. The van der Waals surface area contributed by atoms with E-state index in [-0.39, 0.29) is 5.54 Å². The second-order valence-electron chi connectivity index (χ2n) is 2.54. The molecule has 1 fully saturated rings. The molecule has 1 aliphatic rings. The van der Waals surface area contributed by atoms with Crippen LogP contribution < -0.4 is 0 Å². The fraction of sp³-hybridized carbons (Fsp3) is 0.857. The van der Waals surface area contributed by atoms with Gasteiger partial charge in [0.05, 0.1) is 0 Å². The van der Waals surface area contributed by atoms with Crippen LogP contribution in [-0.4, -0.2) is 5.54 Å². The minimum atomic E-state index is 0.0972. The van der Waals surface area contributed by atoms with Crippen molar-refractivity contribution < 1.29 is 0 Å². The monoisotopic (exact) mass is 109 g/mol. The molecule has 0 amide bonds. The highest BCUT2D eigenvalue weighted by Gasteiger charge is 2.41. The Kier molecular flexibility index (Phi) is 1.25. The Hall–Kier alpha value is -0.510. The first-order chi connectivity index (χ1) is 3.83. The predicted molar refractivity (Wildman–Crippen MR) is 33.5 cm³/mol. The summed E-state index contributed by atoms with van der Waals surface area (Å²) in [6, 6.07) is 0. The van der Waals surface area contributed by atoms with Gasteiger partial charge in [0, 0.05) is 19.3 Å². The molecule has 0 atom stereocenters. The van der Waals surface area contributed by atoms with Gasteiger partial charge in [-0.25, -0.2) is 6.57 Å². The van der Waals surface area contributed by atoms with Gasteiger partial charge in [-0.2, -0.15) is 0 Å². The van der Waals surface area contributed by atoms with Crippen molar-refractivity contribution in [2.75, 3.05) is 0 Å². The van der Waals surface area contributed by atoms with Crippen molar-refractivity contribution in [1.82, 2.24) is 0 Å². The van der Waals surface area contributed by atoms with Crippen LogP contribution in [0.25, 0.3) is 4.85 Å². The zero-order chi connectivity index (χ0) is 6.04. The van der Waals surface area contributed by atoms with Gasteiger partial charge in [-0.1, -0.05) is 6.92 Å². The fourth-order valence-electron chi connectivity index (χ4n) is 1.13. The summed E-state index contributed by atoms with van der Waals surface area (Å²) in [6.07, 6.45) is 4.62. The average Bonchev–Trinajstić information content (AvgIpc) is 1.67. The summed E-state index contributed by atoms with van der Waals surface area (Å²) in [5.41, 5.74) is 0.0972. The molecule has 1 saturated carbocycles. The van der Waals surface area contributed by atoms with E-state index in [4.69, 9.17) is 6.57 Å². The van der Waals surface area contributed by atoms with Crippen molar-refractivity contribution in [3.8, 4) is 0 Å². The van der Waals surface area contributed by atoms with Crippen LogP contribution in [0.4, 0.5) is 0 Å². The van der Waals surface area contributed by atoms with E-state index in [1.807, 2.05) is 0 Å². The molecule has 0 radical (unpaired) electrons. The minimum absolute atomic E-state index is 0.0972. The molecule has 0 aliphatic heterocycles.